The minimum absolute atomic E-state index is 0.117. The summed E-state index contributed by atoms with van der Waals surface area (Å²) >= 11 is 0. The normalized spacial score (nSPS) is 17.9. The third kappa shape index (κ3) is 8.60. The quantitative estimate of drug-likeness (QED) is 0.0528. The van der Waals surface area contributed by atoms with Gasteiger partial charge in [0.25, 0.3) is 8.53 Å². The minimum atomic E-state index is -1.59. The van der Waals surface area contributed by atoms with Gasteiger partial charge >= 0.3 is 0 Å². The highest BCUT2D eigenvalue weighted by molar-refractivity contribution is 7.44. The van der Waals surface area contributed by atoms with Gasteiger partial charge in [-0.1, -0.05) is 54.6 Å². The fraction of sp³-hybridized carbons (Fsp3) is 0.415. The van der Waals surface area contributed by atoms with Crippen LogP contribution in [0, 0.1) is 11.3 Å². The Bertz CT molecular complexity index is 1950. The highest BCUT2D eigenvalue weighted by Gasteiger charge is 2.45. The van der Waals surface area contributed by atoms with Gasteiger partial charge in [-0.05, 0) is 68.7 Å². The largest absolute Gasteiger partial charge is 0.497 e. The molecule has 0 spiro atoms. The Balaban J connectivity index is 1.43. The number of anilines is 1. The van der Waals surface area contributed by atoms with E-state index in [1.54, 1.807) is 27.6 Å². The second-order valence-corrected chi connectivity index (χ2v) is 15.1. The van der Waals surface area contributed by atoms with Crippen molar-refractivity contribution in [2.75, 3.05) is 39.8 Å². The first-order valence-electron chi connectivity index (χ1n) is 18.5. The number of nitrogens with zero attached hydrogens (tertiary/aromatic N) is 6. The molecular weight excluding hydrogens is 717 g/mol. The predicted octanol–water partition coefficient (Wildman–Crippen LogP) is 7.84. The minimum Gasteiger partial charge on any atom is -0.497 e. The van der Waals surface area contributed by atoms with Crippen molar-refractivity contribution < 1.29 is 28.0 Å². The second-order valence-electron chi connectivity index (χ2n) is 13.7. The number of imidazole rings is 1. The number of methoxy groups -OCH3 is 2. The van der Waals surface area contributed by atoms with Crippen molar-refractivity contribution in [3.63, 3.8) is 0 Å². The maximum absolute atomic E-state index is 9.36. The van der Waals surface area contributed by atoms with Crippen molar-refractivity contribution in [1.82, 2.24) is 24.2 Å². The van der Waals surface area contributed by atoms with Crippen molar-refractivity contribution in [2.45, 2.75) is 76.7 Å². The van der Waals surface area contributed by atoms with E-state index >= 15 is 0 Å². The van der Waals surface area contributed by atoms with Crippen LogP contribution in [0.15, 0.2) is 91.5 Å². The van der Waals surface area contributed by atoms with Crippen LogP contribution in [-0.4, -0.2) is 83.0 Å². The summed E-state index contributed by atoms with van der Waals surface area (Å²) in [5.41, 5.74) is 2.95. The van der Waals surface area contributed by atoms with Crippen molar-refractivity contribution in [3.05, 3.63) is 108 Å². The molecule has 1 saturated heterocycles. The van der Waals surface area contributed by atoms with E-state index in [4.69, 9.17) is 28.0 Å². The summed E-state index contributed by atoms with van der Waals surface area (Å²) in [6, 6.07) is 28.5. The molecule has 0 bridgehead atoms. The zero-order valence-corrected chi connectivity index (χ0v) is 33.3. The van der Waals surface area contributed by atoms with Gasteiger partial charge in [-0.2, -0.15) is 5.26 Å². The van der Waals surface area contributed by atoms with Crippen LogP contribution in [0.3, 0.4) is 0 Å². The number of aromatic nitrogens is 4. The van der Waals surface area contributed by atoms with Crippen molar-refractivity contribution in [1.29, 1.82) is 5.26 Å². The molecule has 1 aliphatic rings. The average Bonchev–Trinajstić information content (AvgIpc) is 3.82. The summed E-state index contributed by atoms with van der Waals surface area (Å²) in [5.74, 6) is 2.09. The number of hydrogen-bond acceptors (Lipinski definition) is 12. The first kappa shape index (κ1) is 40.0. The third-order valence-corrected chi connectivity index (χ3v) is 11.8. The highest BCUT2D eigenvalue weighted by atomic mass is 31.2. The molecule has 1 aliphatic heterocycles. The van der Waals surface area contributed by atoms with Crippen LogP contribution in [0.2, 0.25) is 0 Å². The summed E-state index contributed by atoms with van der Waals surface area (Å²) in [5, 5.41) is 12.5. The van der Waals surface area contributed by atoms with Gasteiger partial charge in [0.1, 0.15) is 41.3 Å². The molecule has 0 saturated carbocycles. The standard InChI is InChI=1S/C41H50N7O6P/c1-28(2)48(29(3)4)55(52-23-11-22-42)54-35-24-37(47-27-46-38-39(43-5)44-26-45-40(38)47)53-36(35)25-51-41(30-12-9-8-10-13-30,31-14-18-33(49-6)19-15-31)32-16-20-34(50-7)21-17-32/h8-10,12-21,26-29,35-37H,11,23-25H2,1-7H3,(H,43,44,45)/t35-,36+,37+,55?/m0/s1. The van der Waals surface area contributed by atoms with E-state index in [9.17, 15) is 5.26 Å². The fourth-order valence-corrected chi connectivity index (χ4v) is 8.83. The number of benzene rings is 3. The van der Waals surface area contributed by atoms with Crippen molar-refractivity contribution in [2.24, 2.45) is 0 Å². The molecule has 2 aromatic heterocycles. The smallest absolute Gasteiger partial charge is 0.259 e. The Kier molecular flexibility index (Phi) is 13.3. The molecule has 1 fully saturated rings. The third-order valence-electron chi connectivity index (χ3n) is 9.61. The van der Waals surface area contributed by atoms with Gasteiger partial charge < -0.3 is 33.3 Å². The van der Waals surface area contributed by atoms with Crippen LogP contribution >= 0.6 is 8.53 Å². The zero-order chi connectivity index (χ0) is 39.0. The predicted molar refractivity (Wildman–Crippen MR) is 212 cm³/mol. The van der Waals surface area contributed by atoms with E-state index in [1.807, 2.05) is 71.3 Å². The molecule has 6 rings (SSSR count). The van der Waals surface area contributed by atoms with Crippen LogP contribution in [0.25, 0.3) is 11.2 Å². The average molecular weight is 768 g/mol. The molecule has 1 N–H and O–H groups in total. The molecule has 0 amide bonds. The monoisotopic (exact) mass is 767 g/mol. The van der Waals surface area contributed by atoms with E-state index in [0.29, 0.717) is 23.4 Å². The van der Waals surface area contributed by atoms with Crippen molar-refractivity contribution >= 4 is 25.5 Å². The van der Waals surface area contributed by atoms with Crippen molar-refractivity contribution in [3.8, 4) is 17.6 Å². The molecule has 1 unspecified atom stereocenters. The highest BCUT2D eigenvalue weighted by Crippen LogP contribution is 2.51. The lowest BCUT2D eigenvalue weighted by Crippen LogP contribution is -2.39. The van der Waals surface area contributed by atoms with Gasteiger partial charge in [-0.15, -0.1) is 0 Å². The lowest BCUT2D eigenvalue weighted by molar-refractivity contribution is -0.0912. The SMILES string of the molecule is CNc1ncnc2c1ncn2[C@H]1C[C@H](OP(OCCC#N)N(C(C)C)C(C)C)[C@@H](COC(c2ccccc2)(c2ccc(OC)cc2)c2ccc(OC)cc2)O1. The topological polar surface area (TPSA) is 138 Å². The molecule has 4 atom stereocenters. The van der Waals surface area contributed by atoms with E-state index in [1.165, 1.54) is 6.33 Å². The lowest BCUT2D eigenvalue weighted by atomic mass is 9.80. The molecule has 55 heavy (non-hydrogen) atoms. The summed E-state index contributed by atoms with van der Waals surface area (Å²) in [7, 11) is 3.52. The van der Waals surface area contributed by atoms with Crippen LogP contribution in [0.4, 0.5) is 5.82 Å². The number of fused-ring (bicyclic) bond motifs is 1. The summed E-state index contributed by atoms with van der Waals surface area (Å²) < 4.78 is 42.9. The number of rotatable bonds is 18. The zero-order valence-electron chi connectivity index (χ0n) is 32.5. The Hall–Kier alpha value is -4.67. The number of ether oxygens (including phenoxy) is 4. The van der Waals surface area contributed by atoms with E-state index < -0.39 is 32.6 Å². The first-order valence-corrected chi connectivity index (χ1v) is 19.6. The van der Waals surface area contributed by atoms with Gasteiger partial charge in [0.2, 0.25) is 0 Å². The van der Waals surface area contributed by atoms with E-state index in [2.05, 4.69) is 70.8 Å². The molecule has 0 aliphatic carbocycles. The lowest BCUT2D eigenvalue weighted by Gasteiger charge is -2.39. The van der Waals surface area contributed by atoms with E-state index in [-0.39, 0.29) is 31.7 Å². The van der Waals surface area contributed by atoms with Gasteiger partial charge in [0, 0.05) is 25.6 Å². The number of nitriles is 1. The van der Waals surface area contributed by atoms with Gasteiger partial charge in [-0.3, -0.25) is 4.57 Å². The molecule has 3 aromatic carbocycles. The molecule has 3 heterocycles. The van der Waals surface area contributed by atoms with E-state index in [0.717, 1.165) is 28.2 Å². The molecule has 0 radical (unpaired) electrons. The molecule has 14 heteroatoms. The fourth-order valence-electron chi connectivity index (χ4n) is 7.07. The van der Waals surface area contributed by atoms with Gasteiger partial charge in [-0.25, -0.2) is 19.6 Å². The summed E-state index contributed by atoms with van der Waals surface area (Å²) in [6.07, 6.45) is 2.44. The maximum atomic E-state index is 9.36. The Morgan fingerprint density at radius 1 is 0.909 bits per heavy atom. The van der Waals surface area contributed by atoms with Gasteiger partial charge in [0.05, 0.1) is 52.4 Å². The Morgan fingerprint density at radius 3 is 2.09 bits per heavy atom. The Labute approximate surface area is 324 Å². The summed E-state index contributed by atoms with van der Waals surface area (Å²) in [4.78, 5) is 13.6. The van der Waals surface area contributed by atoms with Gasteiger partial charge in [0.15, 0.2) is 11.5 Å². The maximum Gasteiger partial charge on any atom is 0.259 e. The molecule has 290 valence electrons. The molecule has 13 nitrogen and oxygen atoms in total. The van der Waals surface area contributed by atoms with Crippen LogP contribution in [0.5, 0.6) is 11.5 Å². The number of hydrogen-bond donors (Lipinski definition) is 1. The Morgan fingerprint density at radius 2 is 1.53 bits per heavy atom. The summed E-state index contributed by atoms with van der Waals surface area (Å²) in [6.45, 7) is 8.87. The molecule has 5 aromatic rings. The number of nitrogens with one attached hydrogen (secondary N) is 1. The second kappa shape index (κ2) is 18.3. The van der Waals surface area contributed by atoms with Crippen LogP contribution < -0.4 is 14.8 Å². The first-order chi connectivity index (χ1) is 26.7. The van der Waals surface area contributed by atoms with Crippen LogP contribution in [0.1, 0.15) is 63.5 Å². The molecular formula is C41H50N7O6P. The van der Waals surface area contributed by atoms with Crippen LogP contribution in [-0.2, 0) is 24.1 Å².